The number of rotatable bonds is 5. The molecule has 0 saturated carbocycles. The summed E-state index contributed by atoms with van der Waals surface area (Å²) in [6.45, 7) is 5.94. The number of carbonyl (C=O) groups is 1. The maximum absolute atomic E-state index is 12.9. The number of benzene rings is 2. The summed E-state index contributed by atoms with van der Waals surface area (Å²) < 4.78 is 6.89. The highest BCUT2D eigenvalue weighted by molar-refractivity contribution is 6.30. The van der Waals surface area contributed by atoms with E-state index < -0.39 is 0 Å². The van der Waals surface area contributed by atoms with E-state index in [1.807, 2.05) is 24.3 Å². The number of hydrogen-bond donors (Lipinski definition) is 1. The number of aryl methyl sites for hydroxylation is 1. The van der Waals surface area contributed by atoms with Crippen molar-refractivity contribution in [3.8, 4) is 16.9 Å². The van der Waals surface area contributed by atoms with Crippen LogP contribution in [-0.2, 0) is 0 Å². The van der Waals surface area contributed by atoms with Gasteiger partial charge < -0.3 is 10.1 Å². The van der Waals surface area contributed by atoms with E-state index in [4.69, 9.17) is 21.4 Å². The normalized spacial score (nSPS) is 11.2. The number of aromatic nitrogens is 4. The third kappa shape index (κ3) is 3.96. The highest BCUT2D eigenvalue weighted by Crippen LogP contribution is 2.33. The third-order valence-corrected chi connectivity index (χ3v) is 5.23. The van der Waals surface area contributed by atoms with Crippen molar-refractivity contribution >= 4 is 28.8 Å². The number of fused-ring (bicyclic) bond motifs is 1. The molecule has 4 aromatic rings. The van der Waals surface area contributed by atoms with E-state index >= 15 is 0 Å². The molecular weight excluding hydrogens is 414 g/mol. The zero-order chi connectivity index (χ0) is 22.1. The Kier molecular flexibility index (Phi) is 5.61. The van der Waals surface area contributed by atoms with Gasteiger partial charge in [-0.2, -0.15) is 5.10 Å². The molecule has 8 heteroatoms. The molecule has 1 amide bonds. The summed E-state index contributed by atoms with van der Waals surface area (Å²) in [5, 5.41) is 16.8. The van der Waals surface area contributed by atoms with Crippen LogP contribution in [0.4, 0.5) is 5.69 Å². The molecular formula is C23H22ClN5O2. The Labute approximate surface area is 185 Å². The Hall–Kier alpha value is -3.45. The van der Waals surface area contributed by atoms with Gasteiger partial charge in [-0.05, 0) is 42.7 Å². The lowest BCUT2D eigenvalue weighted by Crippen LogP contribution is -2.18. The van der Waals surface area contributed by atoms with E-state index in [1.165, 1.54) is 0 Å². The summed E-state index contributed by atoms with van der Waals surface area (Å²) in [5.41, 5.74) is 4.63. The standard InChI is InChI=1S/C23H22ClN5O2/c1-13(2)20-19(15-7-5-8-16(24)11-15)22-27-26-21(14(3)29(22)28-20)23(30)25-17-9-6-10-18(12-17)31-4/h5-13H,1-4H3,(H,25,30). The lowest BCUT2D eigenvalue weighted by molar-refractivity contribution is 0.102. The maximum Gasteiger partial charge on any atom is 0.278 e. The van der Waals surface area contributed by atoms with Gasteiger partial charge >= 0.3 is 0 Å². The van der Waals surface area contributed by atoms with Crippen LogP contribution < -0.4 is 10.1 Å². The molecule has 158 valence electrons. The summed E-state index contributed by atoms with van der Waals surface area (Å²) in [5.74, 6) is 0.422. The van der Waals surface area contributed by atoms with Crippen molar-refractivity contribution in [2.24, 2.45) is 0 Å². The van der Waals surface area contributed by atoms with Gasteiger partial charge in [-0.3, -0.25) is 4.79 Å². The number of halogens is 1. The van der Waals surface area contributed by atoms with Crippen LogP contribution in [0, 0.1) is 6.92 Å². The van der Waals surface area contributed by atoms with Gasteiger partial charge in [-0.25, -0.2) is 4.52 Å². The Balaban J connectivity index is 1.79. The minimum absolute atomic E-state index is 0.143. The zero-order valence-corrected chi connectivity index (χ0v) is 18.4. The fraction of sp³-hybridized carbons (Fsp3) is 0.217. The molecule has 2 aromatic heterocycles. The molecule has 0 spiro atoms. The number of methoxy groups -OCH3 is 1. The molecule has 1 N–H and O–H groups in total. The molecule has 7 nitrogen and oxygen atoms in total. The number of hydrogen-bond acceptors (Lipinski definition) is 5. The number of ether oxygens (including phenoxy) is 1. The molecule has 0 saturated heterocycles. The fourth-order valence-electron chi connectivity index (χ4n) is 3.45. The third-order valence-electron chi connectivity index (χ3n) is 5.00. The first-order chi connectivity index (χ1) is 14.9. The van der Waals surface area contributed by atoms with E-state index in [-0.39, 0.29) is 17.5 Å². The van der Waals surface area contributed by atoms with Crippen LogP contribution in [0.5, 0.6) is 5.75 Å². The molecule has 0 aliphatic rings. The van der Waals surface area contributed by atoms with Crippen LogP contribution >= 0.6 is 11.6 Å². The molecule has 0 bridgehead atoms. The highest BCUT2D eigenvalue weighted by Gasteiger charge is 2.23. The quantitative estimate of drug-likeness (QED) is 0.469. The fourth-order valence-corrected chi connectivity index (χ4v) is 3.64. The van der Waals surface area contributed by atoms with Gasteiger partial charge in [0, 0.05) is 16.8 Å². The van der Waals surface area contributed by atoms with Crippen LogP contribution in [0.2, 0.25) is 5.02 Å². The second-order valence-corrected chi connectivity index (χ2v) is 7.92. The van der Waals surface area contributed by atoms with E-state index in [1.54, 1.807) is 42.8 Å². The number of nitrogens with one attached hydrogen (secondary N) is 1. The van der Waals surface area contributed by atoms with E-state index in [0.717, 1.165) is 16.8 Å². The van der Waals surface area contributed by atoms with Crippen molar-refractivity contribution in [2.75, 3.05) is 12.4 Å². The first kappa shape index (κ1) is 20.8. The SMILES string of the molecule is COc1cccc(NC(=O)c2nnc3c(-c4cccc(Cl)c4)c(C(C)C)nn3c2C)c1. The monoisotopic (exact) mass is 435 g/mol. The number of amides is 1. The van der Waals surface area contributed by atoms with Crippen molar-refractivity contribution in [3.63, 3.8) is 0 Å². The Bertz CT molecular complexity index is 1280. The van der Waals surface area contributed by atoms with E-state index in [0.29, 0.717) is 27.8 Å². The molecule has 0 aliphatic heterocycles. The van der Waals surface area contributed by atoms with Gasteiger partial charge in [0.25, 0.3) is 5.91 Å². The lowest BCUT2D eigenvalue weighted by Gasteiger charge is -2.09. The average Bonchev–Trinajstić information content (AvgIpc) is 3.15. The van der Waals surface area contributed by atoms with Gasteiger partial charge in [0.1, 0.15) is 5.75 Å². The first-order valence-electron chi connectivity index (χ1n) is 9.86. The van der Waals surface area contributed by atoms with Gasteiger partial charge in [0.05, 0.1) is 24.1 Å². The number of carbonyl (C=O) groups excluding carboxylic acids is 1. The summed E-state index contributed by atoms with van der Waals surface area (Å²) in [6, 6.07) is 14.7. The lowest BCUT2D eigenvalue weighted by atomic mass is 10.00. The Morgan fingerprint density at radius 1 is 1.13 bits per heavy atom. The van der Waals surface area contributed by atoms with Crippen LogP contribution in [-0.4, -0.2) is 32.8 Å². The number of nitrogens with zero attached hydrogens (tertiary/aromatic N) is 4. The van der Waals surface area contributed by atoms with E-state index in [2.05, 4.69) is 29.4 Å². The van der Waals surface area contributed by atoms with Gasteiger partial charge in [0.15, 0.2) is 11.3 Å². The molecule has 0 unspecified atom stereocenters. The zero-order valence-electron chi connectivity index (χ0n) is 17.7. The molecule has 2 heterocycles. The topological polar surface area (TPSA) is 81.4 Å². The Morgan fingerprint density at radius 2 is 1.90 bits per heavy atom. The van der Waals surface area contributed by atoms with Crippen molar-refractivity contribution in [1.29, 1.82) is 0 Å². The van der Waals surface area contributed by atoms with E-state index in [9.17, 15) is 4.79 Å². The van der Waals surface area contributed by atoms with Crippen LogP contribution in [0.1, 0.15) is 41.6 Å². The van der Waals surface area contributed by atoms with Crippen molar-refractivity contribution in [3.05, 3.63) is 70.6 Å². The first-order valence-corrected chi connectivity index (χ1v) is 10.2. The average molecular weight is 436 g/mol. The molecule has 0 radical (unpaired) electrons. The van der Waals surface area contributed by atoms with Crippen LogP contribution in [0.25, 0.3) is 16.8 Å². The van der Waals surface area contributed by atoms with Gasteiger partial charge in [-0.15, -0.1) is 10.2 Å². The molecule has 0 fully saturated rings. The summed E-state index contributed by atoms with van der Waals surface area (Å²) >= 11 is 6.22. The summed E-state index contributed by atoms with van der Waals surface area (Å²) in [4.78, 5) is 12.9. The summed E-state index contributed by atoms with van der Waals surface area (Å²) in [7, 11) is 1.58. The summed E-state index contributed by atoms with van der Waals surface area (Å²) in [6.07, 6.45) is 0. The predicted molar refractivity (Wildman–Crippen MR) is 121 cm³/mol. The highest BCUT2D eigenvalue weighted by atomic mass is 35.5. The second-order valence-electron chi connectivity index (χ2n) is 7.48. The molecule has 0 aliphatic carbocycles. The molecule has 2 aromatic carbocycles. The van der Waals surface area contributed by atoms with Gasteiger partial charge in [-0.1, -0.05) is 43.6 Å². The predicted octanol–water partition coefficient (Wildman–Crippen LogP) is 5.14. The van der Waals surface area contributed by atoms with Gasteiger partial charge in [0.2, 0.25) is 0 Å². The minimum atomic E-state index is -0.369. The molecule has 4 rings (SSSR count). The van der Waals surface area contributed by atoms with Crippen LogP contribution in [0.3, 0.4) is 0 Å². The van der Waals surface area contributed by atoms with Crippen molar-refractivity contribution in [2.45, 2.75) is 26.7 Å². The molecule has 0 atom stereocenters. The smallest absolute Gasteiger partial charge is 0.278 e. The Morgan fingerprint density at radius 3 is 2.61 bits per heavy atom. The minimum Gasteiger partial charge on any atom is -0.497 e. The van der Waals surface area contributed by atoms with Crippen molar-refractivity contribution < 1.29 is 9.53 Å². The van der Waals surface area contributed by atoms with Crippen molar-refractivity contribution in [1.82, 2.24) is 19.8 Å². The number of anilines is 1. The molecule has 31 heavy (non-hydrogen) atoms. The maximum atomic E-state index is 12.9. The largest absolute Gasteiger partial charge is 0.497 e. The second kappa shape index (κ2) is 8.35. The van der Waals surface area contributed by atoms with Crippen LogP contribution in [0.15, 0.2) is 48.5 Å².